The molecule has 0 rings (SSSR count). The number of ether oxygens (including phenoxy) is 1. The summed E-state index contributed by atoms with van der Waals surface area (Å²) in [6.07, 6.45) is -0.408. The molecule has 0 saturated carbocycles. The Balaban J connectivity index is 3.21. The van der Waals surface area contributed by atoms with Gasteiger partial charge in [-0.2, -0.15) is 0 Å². The van der Waals surface area contributed by atoms with Crippen LogP contribution >= 0.6 is 0 Å². The van der Waals surface area contributed by atoms with E-state index >= 15 is 0 Å². The molecular formula is C6H12O4. The molecule has 10 heavy (non-hydrogen) atoms. The predicted octanol–water partition coefficient (Wildman–Crippen LogP) is -0.141. The van der Waals surface area contributed by atoms with Crippen LogP contribution in [0.5, 0.6) is 0 Å². The van der Waals surface area contributed by atoms with Crippen molar-refractivity contribution in [3.05, 3.63) is 0 Å². The molecule has 0 saturated heterocycles. The van der Waals surface area contributed by atoms with Gasteiger partial charge in [-0.1, -0.05) is 0 Å². The van der Waals surface area contributed by atoms with Crippen LogP contribution in [-0.4, -0.2) is 36.0 Å². The summed E-state index contributed by atoms with van der Waals surface area (Å²) in [4.78, 5) is 9.96. The summed E-state index contributed by atoms with van der Waals surface area (Å²) in [5.41, 5.74) is 0. The number of hydrogen-bond donors (Lipinski definition) is 2. The molecule has 1 atom stereocenters. The third-order valence-electron chi connectivity index (χ3n) is 1.05. The predicted molar refractivity (Wildman–Crippen MR) is 34.8 cm³/mol. The van der Waals surface area contributed by atoms with E-state index in [1.807, 2.05) is 0 Å². The third-order valence-corrected chi connectivity index (χ3v) is 1.05. The van der Waals surface area contributed by atoms with Gasteiger partial charge in [0, 0.05) is 13.5 Å². The molecule has 1 unspecified atom stereocenters. The first-order valence-electron chi connectivity index (χ1n) is 3.05. The Bertz CT molecular complexity index is 102. The fraction of sp³-hybridized carbons (Fsp3) is 0.833. The van der Waals surface area contributed by atoms with Gasteiger partial charge >= 0.3 is 5.97 Å². The second-order valence-corrected chi connectivity index (χ2v) is 2.04. The highest BCUT2D eigenvalue weighted by molar-refractivity contribution is 5.66. The Morgan fingerprint density at radius 2 is 2.30 bits per heavy atom. The Hall–Kier alpha value is -0.610. The second-order valence-electron chi connectivity index (χ2n) is 2.04. The van der Waals surface area contributed by atoms with Gasteiger partial charge in [0.25, 0.3) is 0 Å². The first kappa shape index (κ1) is 9.39. The molecule has 0 aromatic heterocycles. The van der Waals surface area contributed by atoms with Crippen LogP contribution in [0.1, 0.15) is 12.8 Å². The van der Waals surface area contributed by atoms with E-state index in [0.717, 1.165) is 0 Å². The first-order chi connectivity index (χ1) is 4.66. The lowest BCUT2D eigenvalue weighted by atomic mass is 10.2. The standard InChI is InChI=1S/C6H12O4/c1-10-4-5(7)2-3-6(8)9/h5,7H,2-4H2,1H3,(H,8,9). The van der Waals surface area contributed by atoms with Gasteiger partial charge < -0.3 is 14.9 Å². The molecule has 0 aromatic rings. The maximum absolute atomic E-state index is 9.96. The molecule has 0 aliphatic rings. The molecule has 0 aromatic carbocycles. The largest absolute Gasteiger partial charge is 0.481 e. The zero-order chi connectivity index (χ0) is 7.98. The summed E-state index contributed by atoms with van der Waals surface area (Å²) >= 11 is 0. The van der Waals surface area contributed by atoms with E-state index in [-0.39, 0.29) is 19.4 Å². The minimum absolute atomic E-state index is 0.00940. The number of aliphatic hydroxyl groups is 1. The van der Waals surface area contributed by atoms with Gasteiger partial charge in [0.2, 0.25) is 0 Å². The maximum Gasteiger partial charge on any atom is 0.303 e. The van der Waals surface area contributed by atoms with Gasteiger partial charge in [0.05, 0.1) is 12.7 Å². The van der Waals surface area contributed by atoms with E-state index in [1.165, 1.54) is 7.11 Å². The summed E-state index contributed by atoms with van der Waals surface area (Å²) < 4.78 is 4.59. The summed E-state index contributed by atoms with van der Waals surface area (Å²) in [7, 11) is 1.46. The van der Waals surface area contributed by atoms with Crippen molar-refractivity contribution in [1.82, 2.24) is 0 Å². The molecule has 4 heteroatoms. The molecule has 0 amide bonds. The number of hydrogen-bond acceptors (Lipinski definition) is 3. The highest BCUT2D eigenvalue weighted by atomic mass is 16.5. The van der Waals surface area contributed by atoms with Gasteiger partial charge in [-0.15, -0.1) is 0 Å². The van der Waals surface area contributed by atoms with E-state index in [1.54, 1.807) is 0 Å². The second kappa shape index (κ2) is 5.20. The van der Waals surface area contributed by atoms with Crippen molar-refractivity contribution in [2.24, 2.45) is 0 Å². The van der Waals surface area contributed by atoms with Crippen molar-refractivity contribution >= 4 is 5.97 Å². The number of methoxy groups -OCH3 is 1. The molecule has 0 aliphatic heterocycles. The summed E-state index contributed by atoms with van der Waals surface area (Å²) in [6, 6.07) is 0. The van der Waals surface area contributed by atoms with Gasteiger partial charge in [0.15, 0.2) is 0 Å². The van der Waals surface area contributed by atoms with Crippen molar-refractivity contribution < 1.29 is 19.7 Å². The highest BCUT2D eigenvalue weighted by Crippen LogP contribution is 1.96. The van der Waals surface area contributed by atoms with Gasteiger partial charge in [0.1, 0.15) is 0 Å². The molecule has 2 N–H and O–H groups in total. The van der Waals surface area contributed by atoms with Crippen LogP contribution < -0.4 is 0 Å². The third kappa shape index (κ3) is 5.53. The monoisotopic (exact) mass is 148 g/mol. The van der Waals surface area contributed by atoms with Crippen LogP contribution in [0.2, 0.25) is 0 Å². The minimum atomic E-state index is -0.893. The lowest BCUT2D eigenvalue weighted by Gasteiger charge is -2.05. The first-order valence-corrected chi connectivity index (χ1v) is 3.05. The van der Waals surface area contributed by atoms with Crippen molar-refractivity contribution in [2.45, 2.75) is 18.9 Å². The number of carboxylic acids is 1. The summed E-state index contributed by atoms with van der Waals surface area (Å²) in [5.74, 6) is -0.893. The summed E-state index contributed by atoms with van der Waals surface area (Å²) in [6.45, 7) is 0.202. The van der Waals surface area contributed by atoms with Crippen LogP contribution in [0, 0.1) is 0 Å². The van der Waals surface area contributed by atoms with Crippen LogP contribution in [0.25, 0.3) is 0 Å². The lowest BCUT2D eigenvalue weighted by molar-refractivity contribution is -0.137. The van der Waals surface area contributed by atoms with Gasteiger partial charge in [-0.3, -0.25) is 4.79 Å². The van der Waals surface area contributed by atoms with Gasteiger partial charge in [-0.25, -0.2) is 0 Å². The average Bonchev–Trinajstić information content (AvgIpc) is 1.85. The Morgan fingerprint density at radius 1 is 1.70 bits per heavy atom. The zero-order valence-corrected chi connectivity index (χ0v) is 5.91. The molecule has 0 heterocycles. The van der Waals surface area contributed by atoms with Crippen LogP contribution in [0.15, 0.2) is 0 Å². The van der Waals surface area contributed by atoms with Crippen molar-refractivity contribution in [1.29, 1.82) is 0 Å². The molecule has 0 radical (unpaired) electrons. The van der Waals surface area contributed by atoms with E-state index in [2.05, 4.69) is 4.74 Å². The number of carbonyl (C=O) groups is 1. The lowest BCUT2D eigenvalue weighted by Crippen LogP contribution is -2.15. The highest BCUT2D eigenvalue weighted by Gasteiger charge is 2.05. The van der Waals surface area contributed by atoms with Crippen molar-refractivity contribution in [2.75, 3.05) is 13.7 Å². The summed E-state index contributed by atoms with van der Waals surface area (Å²) in [5, 5.41) is 17.1. The quantitative estimate of drug-likeness (QED) is 0.569. The molecule has 60 valence electrons. The van der Waals surface area contributed by atoms with Crippen LogP contribution in [-0.2, 0) is 9.53 Å². The Labute approximate surface area is 59.4 Å². The van der Waals surface area contributed by atoms with E-state index in [4.69, 9.17) is 10.2 Å². The molecule has 4 nitrogen and oxygen atoms in total. The van der Waals surface area contributed by atoms with Crippen LogP contribution in [0.4, 0.5) is 0 Å². The normalized spacial score (nSPS) is 13.0. The zero-order valence-electron chi connectivity index (χ0n) is 5.91. The Kier molecular flexibility index (Phi) is 4.88. The van der Waals surface area contributed by atoms with Crippen LogP contribution in [0.3, 0.4) is 0 Å². The molecule has 0 fully saturated rings. The number of rotatable bonds is 5. The topological polar surface area (TPSA) is 66.8 Å². The van der Waals surface area contributed by atoms with Crippen molar-refractivity contribution in [3.8, 4) is 0 Å². The SMILES string of the molecule is COCC(O)CCC(=O)O. The van der Waals surface area contributed by atoms with Gasteiger partial charge in [-0.05, 0) is 6.42 Å². The fourth-order valence-electron chi connectivity index (χ4n) is 0.566. The average molecular weight is 148 g/mol. The van der Waals surface area contributed by atoms with E-state index in [0.29, 0.717) is 0 Å². The smallest absolute Gasteiger partial charge is 0.303 e. The fourth-order valence-corrected chi connectivity index (χ4v) is 0.566. The maximum atomic E-state index is 9.96. The molecule has 0 aliphatic carbocycles. The van der Waals surface area contributed by atoms with Crippen molar-refractivity contribution in [3.63, 3.8) is 0 Å². The number of aliphatic hydroxyl groups excluding tert-OH is 1. The molecule has 0 bridgehead atoms. The van der Waals surface area contributed by atoms with E-state index in [9.17, 15) is 4.79 Å². The molecular weight excluding hydrogens is 136 g/mol. The number of aliphatic carboxylic acids is 1. The minimum Gasteiger partial charge on any atom is -0.481 e. The Morgan fingerprint density at radius 3 is 2.70 bits per heavy atom. The van der Waals surface area contributed by atoms with E-state index < -0.39 is 12.1 Å². The molecule has 0 spiro atoms. The number of carboxylic acid groups (broad SMARTS) is 1.